The predicted octanol–water partition coefficient (Wildman–Crippen LogP) is 1.98. The maximum absolute atomic E-state index is 12.9. The second-order valence-corrected chi connectivity index (χ2v) is 11.9. The first-order valence-corrected chi connectivity index (χ1v) is 14.2. The van der Waals surface area contributed by atoms with E-state index in [0.717, 1.165) is 43.3 Å². The van der Waals surface area contributed by atoms with E-state index in [4.69, 9.17) is 9.90 Å². The Kier molecular flexibility index (Phi) is 8.29. The number of carboxylic acid groups (broad SMARTS) is 1. The summed E-state index contributed by atoms with van der Waals surface area (Å²) in [4.78, 5) is 52.3. The molecule has 41 heavy (non-hydrogen) atoms. The zero-order chi connectivity index (χ0) is 29.4. The molecule has 0 unspecified atom stereocenters. The Morgan fingerprint density at radius 1 is 1.05 bits per heavy atom. The molecular weight excluding hydrogens is 543 g/mol. The van der Waals surface area contributed by atoms with Crippen molar-refractivity contribution in [1.82, 2.24) is 20.4 Å². The molecule has 224 valence electrons. The molecule has 4 fully saturated rings. The van der Waals surface area contributed by atoms with E-state index >= 15 is 0 Å². The van der Waals surface area contributed by atoms with Crippen molar-refractivity contribution in [2.24, 2.45) is 11.3 Å². The van der Waals surface area contributed by atoms with E-state index < -0.39 is 18.2 Å². The molecule has 1 aliphatic carbocycles. The molecule has 3 amide bonds. The molecule has 1 atom stereocenters. The van der Waals surface area contributed by atoms with Crippen molar-refractivity contribution in [1.29, 1.82) is 0 Å². The maximum Gasteiger partial charge on any atom is 0.490 e. The van der Waals surface area contributed by atoms with Crippen molar-refractivity contribution in [2.75, 3.05) is 50.7 Å². The molecule has 1 aromatic rings. The molecule has 4 heterocycles. The van der Waals surface area contributed by atoms with E-state index in [2.05, 4.69) is 26.5 Å². The lowest BCUT2D eigenvalue weighted by Crippen LogP contribution is -2.52. The van der Waals surface area contributed by atoms with E-state index in [1.165, 1.54) is 45.3 Å². The number of alkyl halides is 3. The average molecular weight is 580 g/mol. The number of fused-ring (bicyclic) bond motifs is 1. The molecule has 1 saturated carbocycles. The summed E-state index contributed by atoms with van der Waals surface area (Å²) in [6.45, 7) is 8.26. The summed E-state index contributed by atoms with van der Waals surface area (Å²) in [5.74, 6) is -2.60. The number of halogens is 3. The molecule has 1 spiro atoms. The van der Waals surface area contributed by atoms with Crippen LogP contribution in [0.25, 0.3) is 0 Å². The van der Waals surface area contributed by atoms with Crippen LogP contribution < -0.4 is 15.5 Å². The minimum absolute atomic E-state index is 0.104. The highest BCUT2D eigenvalue weighted by Gasteiger charge is 2.45. The molecule has 0 radical (unpaired) electrons. The molecular formula is C28H36F3N5O5. The third-order valence-electron chi connectivity index (χ3n) is 9.11. The first-order chi connectivity index (χ1) is 19.4. The van der Waals surface area contributed by atoms with Crippen molar-refractivity contribution in [3.8, 4) is 0 Å². The van der Waals surface area contributed by atoms with Crippen LogP contribution in [0, 0.1) is 11.3 Å². The van der Waals surface area contributed by atoms with Gasteiger partial charge in [-0.05, 0) is 80.3 Å². The van der Waals surface area contributed by atoms with Crippen molar-refractivity contribution in [3.05, 3.63) is 29.3 Å². The molecule has 3 saturated heterocycles. The van der Waals surface area contributed by atoms with Gasteiger partial charge in [0, 0.05) is 56.9 Å². The Bertz CT molecular complexity index is 1190. The van der Waals surface area contributed by atoms with Crippen molar-refractivity contribution >= 4 is 29.4 Å². The lowest BCUT2D eigenvalue weighted by molar-refractivity contribution is -0.192. The van der Waals surface area contributed by atoms with Gasteiger partial charge in [-0.25, -0.2) is 4.79 Å². The third-order valence-corrected chi connectivity index (χ3v) is 9.11. The van der Waals surface area contributed by atoms with Gasteiger partial charge in [0.2, 0.25) is 11.8 Å². The molecule has 5 aliphatic rings. The number of amides is 3. The molecule has 0 bridgehead atoms. The van der Waals surface area contributed by atoms with Crippen LogP contribution in [0.1, 0.15) is 54.4 Å². The lowest BCUT2D eigenvalue weighted by Gasteiger charge is -2.52. The van der Waals surface area contributed by atoms with Crippen LogP contribution in [0.15, 0.2) is 18.2 Å². The number of rotatable bonds is 4. The van der Waals surface area contributed by atoms with Gasteiger partial charge in [-0.15, -0.1) is 0 Å². The summed E-state index contributed by atoms with van der Waals surface area (Å²) in [6.07, 6.45) is 1.15. The van der Waals surface area contributed by atoms with Crippen LogP contribution >= 0.6 is 0 Å². The van der Waals surface area contributed by atoms with Crippen LogP contribution in [0.2, 0.25) is 0 Å². The fourth-order valence-corrected chi connectivity index (χ4v) is 6.97. The summed E-state index contributed by atoms with van der Waals surface area (Å²) >= 11 is 0. The SMILES string of the molecule is O=C(O)C(F)(F)F.O=C1CC[C@H](N2Cc3cc(N4CCN(CC5CC6(CCNCC6)C5)CC4)ccc3C2=O)C(=O)N1. The van der Waals surface area contributed by atoms with Crippen molar-refractivity contribution in [2.45, 2.75) is 57.3 Å². The highest BCUT2D eigenvalue weighted by Crippen LogP contribution is 2.51. The Labute approximate surface area is 236 Å². The number of anilines is 1. The highest BCUT2D eigenvalue weighted by atomic mass is 19.4. The van der Waals surface area contributed by atoms with Crippen LogP contribution in [-0.2, 0) is 20.9 Å². The van der Waals surface area contributed by atoms with Gasteiger partial charge in [0.05, 0.1) is 0 Å². The number of imide groups is 1. The maximum atomic E-state index is 12.9. The van der Waals surface area contributed by atoms with Gasteiger partial charge in [0.1, 0.15) is 6.04 Å². The number of carbonyl (C=O) groups is 4. The van der Waals surface area contributed by atoms with E-state index in [1.807, 2.05) is 12.1 Å². The molecule has 4 aliphatic heterocycles. The second-order valence-electron chi connectivity index (χ2n) is 11.9. The predicted molar refractivity (Wildman–Crippen MR) is 142 cm³/mol. The number of piperazine rings is 1. The number of hydrogen-bond donors (Lipinski definition) is 3. The van der Waals surface area contributed by atoms with Gasteiger partial charge in [-0.2, -0.15) is 13.2 Å². The monoisotopic (exact) mass is 579 g/mol. The number of piperidine rings is 2. The molecule has 0 aromatic heterocycles. The van der Waals surface area contributed by atoms with Crippen LogP contribution in [-0.4, -0.2) is 96.6 Å². The molecule has 3 N–H and O–H groups in total. The number of hydrogen-bond acceptors (Lipinski definition) is 7. The van der Waals surface area contributed by atoms with Crippen molar-refractivity contribution < 1.29 is 37.5 Å². The minimum atomic E-state index is -5.08. The number of nitrogens with one attached hydrogen (secondary N) is 2. The zero-order valence-electron chi connectivity index (χ0n) is 22.8. The Morgan fingerprint density at radius 3 is 2.32 bits per heavy atom. The van der Waals surface area contributed by atoms with Crippen LogP contribution in [0.5, 0.6) is 0 Å². The van der Waals surface area contributed by atoms with Gasteiger partial charge in [-0.1, -0.05) is 0 Å². The van der Waals surface area contributed by atoms with E-state index in [0.29, 0.717) is 23.9 Å². The fraction of sp³-hybridized carbons (Fsp3) is 0.643. The normalized spacial score (nSPS) is 24.9. The summed E-state index contributed by atoms with van der Waals surface area (Å²) in [6, 6.07) is 5.53. The van der Waals surface area contributed by atoms with Crippen LogP contribution in [0.3, 0.4) is 0 Å². The van der Waals surface area contributed by atoms with Gasteiger partial charge in [-0.3, -0.25) is 24.6 Å². The van der Waals surface area contributed by atoms with Gasteiger partial charge in [0.25, 0.3) is 5.91 Å². The first kappa shape index (κ1) is 29.3. The average Bonchev–Trinajstić information content (AvgIpc) is 3.24. The number of carbonyl (C=O) groups excluding carboxylic acids is 3. The molecule has 1 aromatic carbocycles. The highest BCUT2D eigenvalue weighted by molar-refractivity contribution is 6.05. The first-order valence-electron chi connectivity index (χ1n) is 14.2. The minimum Gasteiger partial charge on any atom is -0.475 e. The number of aliphatic carboxylic acids is 1. The summed E-state index contributed by atoms with van der Waals surface area (Å²) < 4.78 is 31.7. The zero-order valence-corrected chi connectivity index (χ0v) is 22.8. The summed E-state index contributed by atoms with van der Waals surface area (Å²) in [5.41, 5.74) is 3.48. The fourth-order valence-electron chi connectivity index (χ4n) is 6.97. The van der Waals surface area contributed by atoms with E-state index in [-0.39, 0.29) is 24.1 Å². The number of nitrogens with zero attached hydrogens (tertiary/aromatic N) is 3. The van der Waals surface area contributed by atoms with Crippen LogP contribution in [0.4, 0.5) is 18.9 Å². The van der Waals surface area contributed by atoms with E-state index in [1.54, 1.807) is 4.90 Å². The topological polar surface area (TPSA) is 122 Å². The number of benzene rings is 1. The Hall–Kier alpha value is -3.19. The largest absolute Gasteiger partial charge is 0.490 e. The molecule has 10 nitrogen and oxygen atoms in total. The lowest BCUT2D eigenvalue weighted by atomic mass is 9.57. The summed E-state index contributed by atoms with van der Waals surface area (Å²) in [5, 5.41) is 13.0. The van der Waals surface area contributed by atoms with Gasteiger partial charge < -0.3 is 20.2 Å². The smallest absolute Gasteiger partial charge is 0.475 e. The van der Waals surface area contributed by atoms with Crippen molar-refractivity contribution in [3.63, 3.8) is 0 Å². The Morgan fingerprint density at radius 2 is 1.71 bits per heavy atom. The van der Waals surface area contributed by atoms with Gasteiger partial charge in [0.15, 0.2) is 0 Å². The second kappa shape index (κ2) is 11.6. The summed E-state index contributed by atoms with van der Waals surface area (Å²) in [7, 11) is 0. The van der Waals surface area contributed by atoms with Gasteiger partial charge >= 0.3 is 12.1 Å². The molecule has 13 heteroatoms. The third kappa shape index (κ3) is 6.50. The van der Waals surface area contributed by atoms with E-state index in [9.17, 15) is 27.6 Å². The number of carboxylic acids is 1. The quantitative estimate of drug-likeness (QED) is 0.463. The molecule has 6 rings (SSSR count). The standard InChI is InChI=1S/C26H35N5O3.C2HF3O2/c32-23-4-3-22(24(33)28-23)31-17-19-13-20(1-2-21(19)25(31)34)30-11-9-29(10-12-30)16-18-14-26(15-18)5-7-27-8-6-26;3-2(4,5)1(6)7/h1-2,13,18,22,27H,3-12,14-17H2,(H,28,32,33);(H,6,7)/t22-;/m0./s1. The Balaban J connectivity index is 0.000000431.